The van der Waals surface area contributed by atoms with Gasteiger partial charge >= 0.3 is 0 Å². The number of nitrogens with two attached hydrogens (primary N) is 1. The molecule has 0 saturated heterocycles. The van der Waals surface area contributed by atoms with Gasteiger partial charge in [-0.2, -0.15) is 5.10 Å². The first-order valence-corrected chi connectivity index (χ1v) is 6.51. The van der Waals surface area contributed by atoms with Crippen molar-refractivity contribution in [2.75, 3.05) is 5.73 Å². The first kappa shape index (κ1) is 13.0. The van der Waals surface area contributed by atoms with Gasteiger partial charge in [0.25, 0.3) is 0 Å². The Morgan fingerprint density at radius 3 is 2.50 bits per heavy atom. The number of phenolic OH excluding ortho intramolecular Hbond substituents is 1. The molecule has 1 heterocycles. The van der Waals surface area contributed by atoms with Gasteiger partial charge in [-0.3, -0.25) is 4.68 Å². The van der Waals surface area contributed by atoms with Crippen LogP contribution in [-0.4, -0.2) is 14.9 Å². The first-order valence-electron chi connectivity index (χ1n) is 5.72. The molecule has 0 saturated carbocycles. The fraction of sp³-hybridized carbons (Fsp3) is 0.308. The number of phenols is 1. The number of halogens is 1. The zero-order valence-corrected chi connectivity index (χ0v) is 12.2. The second-order valence-corrected chi connectivity index (χ2v) is 5.49. The third-order valence-corrected chi connectivity index (χ3v) is 3.55. The maximum atomic E-state index is 10.1. The summed E-state index contributed by atoms with van der Waals surface area (Å²) >= 11 is 3.37. The minimum atomic E-state index is 0.192. The summed E-state index contributed by atoms with van der Waals surface area (Å²) < 4.78 is 2.26. The number of aromatic hydroxyl groups is 1. The van der Waals surface area contributed by atoms with Crippen molar-refractivity contribution in [3.05, 3.63) is 28.2 Å². The van der Waals surface area contributed by atoms with Crippen LogP contribution in [0.1, 0.15) is 25.3 Å². The summed E-state index contributed by atoms with van der Waals surface area (Å²) in [6, 6.07) is 5.63. The van der Waals surface area contributed by atoms with E-state index in [0.29, 0.717) is 27.5 Å². The Morgan fingerprint density at radius 1 is 1.33 bits per heavy atom. The van der Waals surface area contributed by atoms with Crippen LogP contribution in [0.4, 0.5) is 5.82 Å². The van der Waals surface area contributed by atoms with Crippen LogP contribution in [0.2, 0.25) is 0 Å². The van der Waals surface area contributed by atoms with Gasteiger partial charge in [-0.25, -0.2) is 0 Å². The van der Waals surface area contributed by atoms with Crippen LogP contribution in [0, 0.1) is 0 Å². The molecule has 0 aliphatic rings. The Balaban J connectivity index is 2.62. The van der Waals surface area contributed by atoms with Crippen molar-refractivity contribution in [2.45, 2.75) is 19.8 Å². The number of hydrogen-bond acceptors (Lipinski definition) is 3. The minimum absolute atomic E-state index is 0.192. The van der Waals surface area contributed by atoms with Crippen molar-refractivity contribution in [3.8, 4) is 17.0 Å². The zero-order valence-electron chi connectivity index (χ0n) is 10.6. The molecule has 4 nitrogen and oxygen atoms in total. The lowest BCUT2D eigenvalue weighted by Gasteiger charge is -2.10. The van der Waals surface area contributed by atoms with E-state index in [4.69, 9.17) is 5.73 Å². The molecule has 1 aromatic heterocycles. The van der Waals surface area contributed by atoms with Crippen LogP contribution in [0.3, 0.4) is 0 Å². The van der Waals surface area contributed by atoms with E-state index in [1.54, 1.807) is 17.8 Å². The summed E-state index contributed by atoms with van der Waals surface area (Å²) in [4.78, 5) is 0. The average molecular weight is 310 g/mol. The summed E-state index contributed by atoms with van der Waals surface area (Å²) in [6.07, 6.45) is 0. The lowest BCUT2D eigenvalue weighted by molar-refractivity contribution is 0.473. The molecule has 0 radical (unpaired) electrons. The number of nitrogen functional groups attached to an aromatic ring is 1. The van der Waals surface area contributed by atoms with Crippen LogP contribution in [0.5, 0.6) is 5.75 Å². The molecule has 2 rings (SSSR count). The Labute approximate surface area is 115 Å². The SMILES string of the molecule is CC(C)c1cc(Br)c(O)c(-c2cc(N)n(C)n2)c1. The standard InChI is InChI=1S/C13H16BrN3O/c1-7(2)8-4-9(13(18)10(14)5-8)11-6-12(15)17(3)16-11/h4-7,18H,15H2,1-3H3. The molecular weight excluding hydrogens is 294 g/mol. The van der Waals surface area contributed by atoms with E-state index in [2.05, 4.69) is 34.9 Å². The van der Waals surface area contributed by atoms with Gasteiger partial charge in [0.2, 0.25) is 0 Å². The Morgan fingerprint density at radius 2 is 2.00 bits per heavy atom. The maximum absolute atomic E-state index is 10.1. The van der Waals surface area contributed by atoms with Crippen LogP contribution in [0.15, 0.2) is 22.7 Å². The average Bonchev–Trinajstić information content (AvgIpc) is 2.62. The second kappa shape index (κ2) is 4.65. The summed E-state index contributed by atoms with van der Waals surface area (Å²) in [5.74, 6) is 1.13. The maximum Gasteiger partial charge on any atom is 0.139 e. The van der Waals surface area contributed by atoms with Crippen molar-refractivity contribution in [1.29, 1.82) is 0 Å². The highest BCUT2D eigenvalue weighted by molar-refractivity contribution is 9.10. The molecule has 0 spiro atoms. The van der Waals surface area contributed by atoms with Gasteiger partial charge in [0.1, 0.15) is 11.6 Å². The number of rotatable bonds is 2. The molecule has 2 aromatic rings. The predicted octanol–water partition coefficient (Wildman–Crippen LogP) is 3.26. The first-order chi connectivity index (χ1) is 8.40. The monoisotopic (exact) mass is 309 g/mol. The van der Waals surface area contributed by atoms with Crippen molar-refractivity contribution >= 4 is 21.7 Å². The van der Waals surface area contributed by atoms with Gasteiger partial charge in [0, 0.05) is 18.7 Å². The van der Waals surface area contributed by atoms with Gasteiger partial charge in [-0.1, -0.05) is 13.8 Å². The number of nitrogens with zero attached hydrogens (tertiary/aromatic N) is 2. The Bertz CT molecular complexity index is 571. The van der Waals surface area contributed by atoms with Gasteiger partial charge in [-0.15, -0.1) is 0 Å². The molecule has 0 aliphatic carbocycles. The smallest absolute Gasteiger partial charge is 0.139 e. The zero-order chi connectivity index (χ0) is 13.4. The fourth-order valence-corrected chi connectivity index (χ4v) is 2.24. The molecule has 0 atom stereocenters. The highest BCUT2D eigenvalue weighted by atomic mass is 79.9. The molecule has 18 heavy (non-hydrogen) atoms. The molecule has 0 fully saturated rings. The topological polar surface area (TPSA) is 64.1 Å². The number of aryl methyl sites for hydroxylation is 1. The van der Waals surface area contributed by atoms with E-state index >= 15 is 0 Å². The quantitative estimate of drug-likeness (QED) is 0.895. The van der Waals surface area contributed by atoms with Gasteiger partial charge < -0.3 is 10.8 Å². The number of benzene rings is 1. The fourth-order valence-electron chi connectivity index (χ4n) is 1.76. The molecule has 5 heteroatoms. The van der Waals surface area contributed by atoms with Gasteiger partial charge in [0.15, 0.2) is 0 Å². The number of aromatic nitrogens is 2. The van der Waals surface area contributed by atoms with Crippen LogP contribution in [0.25, 0.3) is 11.3 Å². The lowest BCUT2D eigenvalue weighted by Crippen LogP contribution is -1.96. The van der Waals surface area contributed by atoms with Crippen molar-refractivity contribution in [2.24, 2.45) is 7.05 Å². The Kier molecular flexibility index (Phi) is 3.34. The van der Waals surface area contributed by atoms with E-state index in [0.717, 1.165) is 5.56 Å². The summed E-state index contributed by atoms with van der Waals surface area (Å²) in [5, 5.41) is 14.4. The van der Waals surface area contributed by atoms with E-state index in [1.807, 2.05) is 12.1 Å². The third-order valence-electron chi connectivity index (χ3n) is 2.94. The van der Waals surface area contributed by atoms with Crippen molar-refractivity contribution in [1.82, 2.24) is 9.78 Å². The van der Waals surface area contributed by atoms with Crippen LogP contribution >= 0.6 is 15.9 Å². The summed E-state index contributed by atoms with van der Waals surface area (Å²) in [7, 11) is 1.78. The van der Waals surface area contributed by atoms with Gasteiger partial charge in [0.05, 0.1) is 10.2 Å². The van der Waals surface area contributed by atoms with Crippen LogP contribution < -0.4 is 5.73 Å². The highest BCUT2D eigenvalue weighted by Gasteiger charge is 2.14. The normalized spacial score (nSPS) is 11.2. The van der Waals surface area contributed by atoms with E-state index in [1.165, 1.54) is 0 Å². The number of anilines is 1. The number of hydrogen-bond donors (Lipinski definition) is 2. The largest absolute Gasteiger partial charge is 0.506 e. The molecule has 0 aliphatic heterocycles. The molecule has 0 bridgehead atoms. The van der Waals surface area contributed by atoms with Crippen molar-refractivity contribution < 1.29 is 5.11 Å². The van der Waals surface area contributed by atoms with E-state index < -0.39 is 0 Å². The molecule has 0 unspecified atom stereocenters. The Hall–Kier alpha value is -1.49. The second-order valence-electron chi connectivity index (χ2n) is 4.63. The molecule has 3 N–H and O–H groups in total. The minimum Gasteiger partial charge on any atom is -0.506 e. The summed E-state index contributed by atoms with van der Waals surface area (Å²) in [5.41, 5.74) is 8.28. The van der Waals surface area contributed by atoms with Gasteiger partial charge in [-0.05, 0) is 39.5 Å². The summed E-state index contributed by atoms with van der Waals surface area (Å²) in [6.45, 7) is 4.21. The van der Waals surface area contributed by atoms with Crippen LogP contribution in [-0.2, 0) is 7.05 Å². The van der Waals surface area contributed by atoms with E-state index in [9.17, 15) is 5.11 Å². The van der Waals surface area contributed by atoms with Crippen molar-refractivity contribution in [3.63, 3.8) is 0 Å². The third kappa shape index (κ3) is 2.22. The molecular formula is C13H16BrN3O. The molecule has 0 amide bonds. The molecule has 1 aromatic carbocycles. The predicted molar refractivity (Wildman–Crippen MR) is 76.5 cm³/mol. The molecule has 96 valence electrons. The highest BCUT2D eigenvalue weighted by Crippen LogP contribution is 2.38. The van der Waals surface area contributed by atoms with E-state index in [-0.39, 0.29) is 5.75 Å². The lowest BCUT2D eigenvalue weighted by atomic mass is 9.99.